The van der Waals surface area contributed by atoms with E-state index in [0.717, 1.165) is 11.1 Å². The Morgan fingerprint density at radius 3 is 2.67 bits per heavy atom. The van der Waals surface area contributed by atoms with Crippen LogP contribution in [0.1, 0.15) is 38.3 Å². The second-order valence-electron chi connectivity index (χ2n) is 5.93. The van der Waals surface area contributed by atoms with Gasteiger partial charge in [-0.05, 0) is 17.0 Å². The Labute approximate surface area is 124 Å². The van der Waals surface area contributed by atoms with Crippen molar-refractivity contribution in [1.82, 2.24) is 10.1 Å². The van der Waals surface area contributed by atoms with E-state index in [9.17, 15) is 0 Å². The predicted molar refractivity (Wildman–Crippen MR) is 78.3 cm³/mol. The van der Waals surface area contributed by atoms with Crippen LogP contribution in [-0.4, -0.2) is 17.3 Å². The van der Waals surface area contributed by atoms with Gasteiger partial charge < -0.3 is 9.26 Å². The fraction of sp³-hybridized carbons (Fsp3) is 0.438. The lowest BCUT2D eigenvalue weighted by atomic mass is 9.88. The summed E-state index contributed by atoms with van der Waals surface area (Å²) in [6.45, 7) is 6.17. The molecule has 21 heavy (non-hydrogen) atoms. The van der Waals surface area contributed by atoms with E-state index in [1.807, 2.05) is 24.3 Å². The van der Waals surface area contributed by atoms with Gasteiger partial charge in [-0.1, -0.05) is 44.1 Å². The Kier molecular flexibility index (Phi) is 4.39. The molecule has 0 aliphatic rings. The highest BCUT2D eigenvalue weighted by atomic mass is 16.5. The summed E-state index contributed by atoms with van der Waals surface area (Å²) in [5.74, 6) is 0.939. The zero-order valence-corrected chi connectivity index (χ0v) is 12.8. The van der Waals surface area contributed by atoms with Crippen molar-refractivity contribution in [2.45, 2.75) is 33.3 Å². The molecule has 0 bridgehead atoms. The quantitative estimate of drug-likeness (QED) is 0.859. The van der Waals surface area contributed by atoms with E-state index >= 15 is 0 Å². The summed E-state index contributed by atoms with van der Waals surface area (Å²) in [5, 5.41) is 12.9. The van der Waals surface area contributed by atoms with Gasteiger partial charge in [0, 0.05) is 12.7 Å². The normalized spacial score (nSPS) is 12.9. The lowest BCUT2D eigenvalue weighted by Crippen LogP contribution is -2.21. The third-order valence-corrected chi connectivity index (χ3v) is 3.22. The molecule has 5 heteroatoms. The van der Waals surface area contributed by atoms with E-state index in [1.54, 1.807) is 7.11 Å². The van der Waals surface area contributed by atoms with Crippen LogP contribution >= 0.6 is 0 Å². The molecule has 1 unspecified atom stereocenters. The van der Waals surface area contributed by atoms with E-state index in [1.165, 1.54) is 0 Å². The topological polar surface area (TPSA) is 71.9 Å². The van der Waals surface area contributed by atoms with Gasteiger partial charge in [0.05, 0.1) is 12.5 Å². The predicted octanol–water partition coefficient (Wildman–Crippen LogP) is 3.54. The third-order valence-electron chi connectivity index (χ3n) is 3.22. The van der Waals surface area contributed by atoms with Gasteiger partial charge in [0.2, 0.25) is 5.82 Å². The fourth-order valence-corrected chi connectivity index (χ4v) is 2.27. The number of ether oxygens (including phenoxy) is 1. The Hall–Kier alpha value is -2.19. The molecular weight excluding hydrogens is 266 g/mol. The van der Waals surface area contributed by atoms with Crippen LogP contribution in [0.4, 0.5) is 0 Å². The van der Waals surface area contributed by atoms with Crippen LogP contribution in [0.2, 0.25) is 0 Å². The lowest BCUT2D eigenvalue weighted by molar-refractivity contribution is 0.00718. The van der Waals surface area contributed by atoms with Crippen molar-refractivity contribution < 1.29 is 9.26 Å². The van der Waals surface area contributed by atoms with Crippen LogP contribution < -0.4 is 0 Å². The van der Waals surface area contributed by atoms with Crippen molar-refractivity contribution in [3.05, 3.63) is 35.7 Å². The fourth-order valence-electron chi connectivity index (χ4n) is 2.27. The molecule has 0 saturated heterocycles. The Morgan fingerprint density at radius 1 is 1.33 bits per heavy atom. The largest absolute Gasteiger partial charge is 0.373 e. The van der Waals surface area contributed by atoms with E-state index in [2.05, 4.69) is 37.0 Å². The van der Waals surface area contributed by atoms with Crippen LogP contribution in [-0.2, 0) is 11.2 Å². The van der Waals surface area contributed by atoms with Crippen LogP contribution in [0.3, 0.4) is 0 Å². The highest BCUT2D eigenvalue weighted by molar-refractivity contribution is 5.59. The van der Waals surface area contributed by atoms with Crippen LogP contribution in [0.15, 0.2) is 28.8 Å². The minimum Gasteiger partial charge on any atom is -0.373 e. The monoisotopic (exact) mass is 285 g/mol. The average molecular weight is 285 g/mol. The van der Waals surface area contributed by atoms with E-state index in [4.69, 9.17) is 14.5 Å². The molecule has 0 saturated carbocycles. The summed E-state index contributed by atoms with van der Waals surface area (Å²) in [4.78, 5) is 4.45. The van der Waals surface area contributed by atoms with Gasteiger partial charge >= 0.3 is 0 Å². The molecule has 0 spiro atoms. The molecule has 0 aliphatic carbocycles. The summed E-state index contributed by atoms with van der Waals surface area (Å²) in [5.41, 5.74) is 1.53. The molecular formula is C16H19N3O2. The maximum Gasteiger partial charge on any atom is 0.258 e. The number of methoxy groups -OCH3 is 1. The number of benzene rings is 1. The summed E-state index contributed by atoms with van der Waals surface area (Å²) < 4.78 is 10.9. The first-order valence-electron chi connectivity index (χ1n) is 6.79. The van der Waals surface area contributed by atoms with Crippen molar-refractivity contribution in [2.75, 3.05) is 7.11 Å². The minimum atomic E-state index is -0.252. The summed E-state index contributed by atoms with van der Waals surface area (Å²) in [6.07, 6.45) is 0.0547. The van der Waals surface area contributed by atoms with Gasteiger partial charge in [-0.25, -0.2) is 0 Å². The molecule has 0 radical (unpaired) electrons. The molecule has 2 rings (SSSR count). The second-order valence-corrected chi connectivity index (χ2v) is 5.93. The number of nitriles is 1. The van der Waals surface area contributed by atoms with Crippen molar-refractivity contribution in [1.29, 1.82) is 5.26 Å². The SMILES string of the molecule is COC(c1noc(-c2ccccc2CC#N)n1)C(C)(C)C. The van der Waals surface area contributed by atoms with Gasteiger partial charge in [-0.3, -0.25) is 0 Å². The number of hydrogen-bond acceptors (Lipinski definition) is 5. The standard InChI is InChI=1S/C16H19N3O2/c1-16(2,3)13(20-4)14-18-15(21-19-14)12-8-6-5-7-11(12)9-10-17/h5-8,13H,9H2,1-4H3. The molecule has 1 heterocycles. The van der Waals surface area contributed by atoms with Gasteiger partial charge in [0.25, 0.3) is 5.89 Å². The van der Waals surface area contributed by atoms with Crippen LogP contribution in [0.25, 0.3) is 11.5 Å². The zero-order chi connectivity index (χ0) is 15.5. The lowest BCUT2D eigenvalue weighted by Gasteiger charge is -2.26. The molecule has 0 fully saturated rings. The molecule has 0 N–H and O–H groups in total. The smallest absolute Gasteiger partial charge is 0.258 e. The first-order chi connectivity index (χ1) is 9.97. The Bertz CT molecular complexity index is 650. The van der Waals surface area contributed by atoms with Gasteiger partial charge in [0.1, 0.15) is 6.10 Å². The maximum absolute atomic E-state index is 8.89. The molecule has 0 amide bonds. The third kappa shape index (κ3) is 3.29. The minimum absolute atomic E-state index is 0.137. The van der Waals surface area contributed by atoms with Crippen molar-refractivity contribution in [3.8, 4) is 17.5 Å². The summed E-state index contributed by atoms with van der Waals surface area (Å²) >= 11 is 0. The molecule has 110 valence electrons. The number of rotatable bonds is 4. The van der Waals surface area contributed by atoms with Crippen molar-refractivity contribution >= 4 is 0 Å². The number of aromatic nitrogens is 2. The molecule has 1 atom stereocenters. The van der Waals surface area contributed by atoms with Gasteiger partial charge in [-0.2, -0.15) is 10.2 Å². The average Bonchev–Trinajstić information content (AvgIpc) is 2.88. The van der Waals surface area contributed by atoms with Crippen molar-refractivity contribution in [3.63, 3.8) is 0 Å². The molecule has 0 aliphatic heterocycles. The van der Waals surface area contributed by atoms with Crippen LogP contribution in [0, 0.1) is 16.7 Å². The molecule has 1 aromatic heterocycles. The summed E-state index contributed by atoms with van der Waals surface area (Å²) in [6, 6.07) is 9.69. The highest BCUT2D eigenvalue weighted by Gasteiger charge is 2.30. The first kappa shape index (κ1) is 15.2. The van der Waals surface area contributed by atoms with E-state index in [-0.39, 0.29) is 11.5 Å². The second kappa shape index (κ2) is 6.06. The number of hydrogen-bond donors (Lipinski definition) is 0. The first-order valence-corrected chi connectivity index (χ1v) is 6.79. The number of nitrogens with zero attached hydrogens (tertiary/aromatic N) is 3. The highest BCUT2D eigenvalue weighted by Crippen LogP contribution is 2.35. The Balaban J connectivity index is 2.39. The molecule has 1 aromatic carbocycles. The van der Waals surface area contributed by atoms with Gasteiger partial charge in [-0.15, -0.1) is 0 Å². The van der Waals surface area contributed by atoms with Crippen LogP contribution in [0.5, 0.6) is 0 Å². The van der Waals surface area contributed by atoms with E-state index in [0.29, 0.717) is 18.1 Å². The Morgan fingerprint density at radius 2 is 2.05 bits per heavy atom. The zero-order valence-electron chi connectivity index (χ0n) is 12.8. The summed E-state index contributed by atoms with van der Waals surface area (Å²) in [7, 11) is 1.63. The van der Waals surface area contributed by atoms with E-state index < -0.39 is 0 Å². The van der Waals surface area contributed by atoms with Gasteiger partial charge in [0.15, 0.2) is 0 Å². The van der Waals surface area contributed by atoms with Crippen molar-refractivity contribution in [2.24, 2.45) is 5.41 Å². The maximum atomic E-state index is 8.89. The molecule has 5 nitrogen and oxygen atoms in total. The molecule has 2 aromatic rings.